The lowest BCUT2D eigenvalue weighted by atomic mass is 9.93. The lowest BCUT2D eigenvalue weighted by molar-refractivity contribution is -0.120. The normalized spacial score (nSPS) is 12.4. The Morgan fingerprint density at radius 3 is 2.50 bits per heavy atom. The van der Waals surface area contributed by atoms with Gasteiger partial charge in [0.1, 0.15) is 5.75 Å². The number of phenols is 1. The van der Waals surface area contributed by atoms with Crippen molar-refractivity contribution in [2.45, 2.75) is 38.3 Å². The maximum absolute atomic E-state index is 12.2. The number of anilines is 1. The van der Waals surface area contributed by atoms with Crippen LogP contribution in [0.2, 0.25) is 0 Å². The molecular formula is C25H37N5O4. The summed E-state index contributed by atoms with van der Waals surface area (Å²) in [6.45, 7) is 5.76. The van der Waals surface area contributed by atoms with Gasteiger partial charge in [0, 0.05) is 25.2 Å². The van der Waals surface area contributed by atoms with Crippen LogP contribution in [0.25, 0.3) is 0 Å². The fraction of sp³-hybridized carbons (Fsp3) is 0.440. The van der Waals surface area contributed by atoms with E-state index >= 15 is 0 Å². The third-order valence-corrected chi connectivity index (χ3v) is 5.32. The molecule has 3 amide bonds. The van der Waals surface area contributed by atoms with E-state index in [2.05, 4.69) is 16.0 Å². The van der Waals surface area contributed by atoms with Crippen LogP contribution in [0.1, 0.15) is 36.6 Å². The predicted octanol–water partition coefficient (Wildman–Crippen LogP) is 1.75. The number of aromatic hydroxyl groups is 1. The standard InChI is InChI=1S/C25H37N5O4/c1-25(2,28-16-22(32)19-8-9-21(31)20(14-19)29-24(26)34)15-18-7-5-6-17(12-18)13-23(33)27-10-11-30(3)4/h5-9,12,14,22,28,31-32H,10-11,13,15-16H2,1-4H3,(H,27,33)(H3,26,29,34)/t22-/m1/s1. The Kier molecular flexibility index (Phi) is 9.85. The third-order valence-electron chi connectivity index (χ3n) is 5.32. The molecule has 0 aliphatic rings. The molecule has 0 fully saturated rings. The molecule has 34 heavy (non-hydrogen) atoms. The summed E-state index contributed by atoms with van der Waals surface area (Å²) in [6.07, 6.45) is 0.168. The second-order valence-corrected chi connectivity index (χ2v) is 9.37. The van der Waals surface area contributed by atoms with Gasteiger partial charge >= 0.3 is 6.03 Å². The molecule has 9 heteroatoms. The van der Waals surface area contributed by atoms with Crippen molar-refractivity contribution >= 4 is 17.6 Å². The van der Waals surface area contributed by atoms with Gasteiger partial charge in [-0.2, -0.15) is 0 Å². The number of urea groups is 1. The van der Waals surface area contributed by atoms with Crippen LogP contribution in [0.3, 0.4) is 0 Å². The van der Waals surface area contributed by atoms with Crippen molar-refractivity contribution in [3.05, 3.63) is 59.2 Å². The van der Waals surface area contributed by atoms with Gasteiger partial charge in [0.05, 0.1) is 18.2 Å². The van der Waals surface area contributed by atoms with E-state index in [9.17, 15) is 19.8 Å². The van der Waals surface area contributed by atoms with Crippen LogP contribution >= 0.6 is 0 Å². The number of β-amino-alcohol motifs (C(OH)–C–C–N with tert-alkyl or cyclic N) is 1. The number of likely N-dealkylation sites (N-methyl/N-ethyl adjacent to an activating group) is 1. The van der Waals surface area contributed by atoms with E-state index in [0.29, 0.717) is 24.9 Å². The number of carbonyl (C=O) groups is 2. The maximum atomic E-state index is 12.2. The molecule has 7 N–H and O–H groups in total. The van der Waals surface area contributed by atoms with E-state index in [-0.39, 0.29) is 29.4 Å². The van der Waals surface area contributed by atoms with Crippen molar-refractivity contribution in [2.75, 3.05) is 39.0 Å². The molecule has 0 bridgehead atoms. The van der Waals surface area contributed by atoms with Crippen LogP contribution in [-0.2, 0) is 17.6 Å². The summed E-state index contributed by atoms with van der Waals surface area (Å²) in [4.78, 5) is 25.3. The Balaban J connectivity index is 1.93. The number of hydrogen-bond acceptors (Lipinski definition) is 6. The zero-order valence-electron chi connectivity index (χ0n) is 20.4. The summed E-state index contributed by atoms with van der Waals surface area (Å²) in [5, 5.41) is 29.1. The Labute approximate surface area is 201 Å². The predicted molar refractivity (Wildman–Crippen MR) is 134 cm³/mol. The number of phenolic OH excluding ortho intramolecular Hbond substituents is 1. The van der Waals surface area contributed by atoms with Gasteiger partial charge in [-0.1, -0.05) is 30.3 Å². The second kappa shape index (κ2) is 12.4. The minimum atomic E-state index is -0.856. The summed E-state index contributed by atoms with van der Waals surface area (Å²) < 4.78 is 0. The first-order valence-corrected chi connectivity index (χ1v) is 11.3. The van der Waals surface area contributed by atoms with Crippen molar-refractivity contribution in [2.24, 2.45) is 5.73 Å². The van der Waals surface area contributed by atoms with E-state index in [1.54, 1.807) is 6.07 Å². The van der Waals surface area contributed by atoms with Crippen molar-refractivity contribution in [1.82, 2.24) is 15.5 Å². The molecule has 1 atom stereocenters. The monoisotopic (exact) mass is 471 g/mol. The van der Waals surface area contributed by atoms with Crippen LogP contribution in [0.15, 0.2) is 42.5 Å². The van der Waals surface area contributed by atoms with Crippen LogP contribution in [0.4, 0.5) is 10.5 Å². The molecule has 0 spiro atoms. The molecule has 0 unspecified atom stereocenters. The zero-order chi connectivity index (χ0) is 25.3. The number of amides is 3. The maximum Gasteiger partial charge on any atom is 0.316 e. The molecule has 9 nitrogen and oxygen atoms in total. The average molecular weight is 472 g/mol. The summed E-state index contributed by atoms with van der Waals surface area (Å²) >= 11 is 0. The number of primary amides is 1. The molecule has 0 saturated heterocycles. The Hall–Kier alpha value is -3.14. The highest BCUT2D eigenvalue weighted by Gasteiger charge is 2.21. The van der Waals surface area contributed by atoms with E-state index in [0.717, 1.165) is 17.7 Å². The van der Waals surface area contributed by atoms with Crippen LogP contribution in [0.5, 0.6) is 5.75 Å². The Morgan fingerprint density at radius 2 is 1.82 bits per heavy atom. The topological polar surface area (TPSA) is 140 Å². The highest BCUT2D eigenvalue weighted by molar-refractivity contribution is 5.89. The summed E-state index contributed by atoms with van der Waals surface area (Å²) in [5.74, 6) is -0.132. The summed E-state index contributed by atoms with van der Waals surface area (Å²) in [7, 11) is 3.93. The fourth-order valence-electron chi connectivity index (χ4n) is 3.57. The van der Waals surface area contributed by atoms with Gasteiger partial charge in [0.25, 0.3) is 0 Å². The zero-order valence-corrected chi connectivity index (χ0v) is 20.4. The number of aliphatic hydroxyl groups excluding tert-OH is 1. The minimum absolute atomic E-state index is 0.00130. The molecule has 2 aromatic rings. The number of nitrogens with zero attached hydrogens (tertiary/aromatic N) is 1. The Morgan fingerprint density at radius 1 is 1.12 bits per heavy atom. The highest BCUT2D eigenvalue weighted by atomic mass is 16.3. The van der Waals surface area contributed by atoms with Crippen molar-refractivity contribution in [3.63, 3.8) is 0 Å². The smallest absolute Gasteiger partial charge is 0.316 e. The largest absolute Gasteiger partial charge is 0.506 e. The fourth-order valence-corrected chi connectivity index (χ4v) is 3.57. The van der Waals surface area contributed by atoms with Crippen molar-refractivity contribution in [1.29, 1.82) is 0 Å². The number of nitrogens with two attached hydrogens (primary N) is 1. The number of rotatable bonds is 12. The van der Waals surface area contributed by atoms with E-state index in [1.165, 1.54) is 12.1 Å². The summed E-state index contributed by atoms with van der Waals surface area (Å²) in [6, 6.07) is 11.6. The lowest BCUT2D eigenvalue weighted by Gasteiger charge is -2.28. The minimum Gasteiger partial charge on any atom is -0.506 e. The first kappa shape index (κ1) is 27.1. The number of nitrogens with one attached hydrogen (secondary N) is 3. The molecule has 2 rings (SSSR count). The molecular weight excluding hydrogens is 434 g/mol. The number of carbonyl (C=O) groups excluding carboxylic acids is 2. The van der Waals surface area contributed by atoms with Crippen LogP contribution in [-0.4, -0.2) is 66.3 Å². The van der Waals surface area contributed by atoms with Gasteiger partial charge in [-0.15, -0.1) is 0 Å². The van der Waals surface area contributed by atoms with Gasteiger partial charge < -0.3 is 36.8 Å². The summed E-state index contributed by atoms with van der Waals surface area (Å²) in [5.41, 5.74) is 7.50. The second-order valence-electron chi connectivity index (χ2n) is 9.37. The molecule has 186 valence electrons. The quantitative estimate of drug-likeness (QED) is 0.261. The Bertz CT molecular complexity index is 978. The van der Waals surface area contributed by atoms with Gasteiger partial charge in [0.2, 0.25) is 5.91 Å². The van der Waals surface area contributed by atoms with E-state index in [1.807, 2.05) is 57.1 Å². The van der Waals surface area contributed by atoms with Crippen LogP contribution in [0, 0.1) is 0 Å². The average Bonchev–Trinajstić information content (AvgIpc) is 2.73. The van der Waals surface area contributed by atoms with Gasteiger partial charge in [0.15, 0.2) is 0 Å². The SMILES string of the molecule is CN(C)CCNC(=O)Cc1cccc(CC(C)(C)NC[C@@H](O)c2ccc(O)c(NC(N)=O)c2)c1. The van der Waals surface area contributed by atoms with Gasteiger partial charge in [-0.05, 0) is 63.2 Å². The molecule has 2 aromatic carbocycles. The number of hydrogen-bond donors (Lipinski definition) is 6. The van der Waals surface area contributed by atoms with E-state index in [4.69, 9.17) is 5.73 Å². The number of benzene rings is 2. The van der Waals surface area contributed by atoms with Gasteiger partial charge in [-0.3, -0.25) is 4.79 Å². The molecule has 0 aromatic heterocycles. The van der Waals surface area contributed by atoms with Crippen LogP contribution < -0.4 is 21.7 Å². The number of aliphatic hydroxyl groups is 1. The lowest BCUT2D eigenvalue weighted by Crippen LogP contribution is -2.43. The molecule has 0 aliphatic heterocycles. The third kappa shape index (κ3) is 9.38. The van der Waals surface area contributed by atoms with Crippen molar-refractivity contribution < 1.29 is 19.8 Å². The molecule has 0 saturated carbocycles. The highest BCUT2D eigenvalue weighted by Crippen LogP contribution is 2.27. The van der Waals surface area contributed by atoms with Crippen molar-refractivity contribution in [3.8, 4) is 5.75 Å². The van der Waals surface area contributed by atoms with E-state index < -0.39 is 12.1 Å². The van der Waals surface area contributed by atoms with Gasteiger partial charge in [-0.25, -0.2) is 4.79 Å². The molecule has 0 radical (unpaired) electrons. The molecule has 0 heterocycles. The first-order chi connectivity index (χ1) is 15.9. The molecule has 0 aliphatic carbocycles. The first-order valence-electron chi connectivity index (χ1n) is 11.3.